The third-order valence-corrected chi connectivity index (χ3v) is 5.98. The minimum Gasteiger partial charge on any atom is -0.458 e. The van der Waals surface area contributed by atoms with Crippen LogP contribution in [0.15, 0.2) is 60.8 Å². The van der Waals surface area contributed by atoms with E-state index in [0.717, 1.165) is 64.2 Å². The fraction of sp³-hybridized carbons (Fsp3) is 0.621. The number of allylic oxidation sites excluding steroid dienone is 10. The first-order valence-corrected chi connectivity index (χ1v) is 15.2. The summed E-state index contributed by atoms with van der Waals surface area (Å²) in [5, 5.41) is 0. The Kier molecular flexibility index (Phi) is 25.5. The van der Waals surface area contributed by atoms with Crippen molar-refractivity contribution in [2.45, 2.75) is 84.2 Å². The summed E-state index contributed by atoms with van der Waals surface area (Å²) in [5.41, 5.74) is 5.24. The Balaban J connectivity index is 3.75. The number of phosphoric acid groups is 1. The van der Waals surface area contributed by atoms with E-state index in [9.17, 15) is 14.3 Å². The molecular weight excluding hydrogens is 505 g/mol. The summed E-state index contributed by atoms with van der Waals surface area (Å²) >= 11 is 0. The number of rotatable bonds is 25. The normalized spacial score (nSPS) is 14.9. The van der Waals surface area contributed by atoms with Crippen LogP contribution in [0.4, 0.5) is 0 Å². The van der Waals surface area contributed by atoms with E-state index in [1.54, 1.807) is 0 Å². The number of nitrogens with two attached hydrogens (primary N) is 1. The van der Waals surface area contributed by atoms with Gasteiger partial charge in [0, 0.05) is 20.1 Å². The van der Waals surface area contributed by atoms with Crippen molar-refractivity contribution in [1.82, 2.24) is 0 Å². The first-order valence-electron chi connectivity index (χ1n) is 13.7. The second-order valence-corrected chi connectivity index (χ2v) is 10.1. The molecule has 218 valence electrons. The van der Waals surface area contributed by atoms with Gasteiger partial charge < -0.3 is 20.1 Å². The monoisotopic (exact) mass is 555 g/mol. The van der Waals surface area contributed by atoms with E-state index in [2.05, 4.69) is 72.2 Å². The number of hydrogen-bond donors (Lipinski definition) is 2. The van der Waals surface area contributed by atoms with Gasteiger partial charge in [-0.1, -0.05) is 80.5 Å². The second-order valence-electron chi connectivity index (χ2n) is 8.60. The molecule has 0 heterocycles. The highest BCUT2D eigenvalue weighted by Gasteiger charge is 2.24. The van der Waals surface area contributed by atoms with E-state index in [4.69, 9.17) is 19.7 Å². The highest BCUT2D eigenvalue weighted by atomic mass is 31.2. The van der Waals surface area contributed by atoms with Crippen LogP contribution in [0.1, 0.15) is 78.1 Å². The third kappa shape index (κ3) is 27.2. The van der Waals surface area contributed by atoms with Crippen LogP contribution in [-0.2, 0) is 27.9 Å². The Morgan fingerprint density at radius 2 is 1.34 bits per heavy atom. The lowest BCUT2D eigenvalue weighted by atomic mass is 10.1. The summed E-state index contributed by atoms with van der Waals surface area (Å²) < 4.78 is 31.8. The zero-order valence-corrected chi connectivity index (χ0v) is 24.3. The lowest BCUT2D eigenvalue weighted by Crippen LogP contribution is -2.27. The van der Waals surface area contributed by atoms with Crippen LogP contribution in [0.3, 0.4) is 0 Å². The van der Waals surface area contributed by atoms with Crippen molar-refractivity contribution in [2.75, 3.05) is 33.0 Å². The van der Waals surface area contributed by atoms with Crippen LogP contribution in [0.25, 0.3) is 0 Å². The molecular formula is C29H50NO7P. The summed E-state index contributed by atoms with van der Waals surface area (Å²) in [7, 11) is -4.23. The van der Waals surface area contributed by atoms with Gasteiger partial charge in [0.05, 0.1) is 19.8 Å². The maximum absolute atomic E-state index is 11.7. The molecule has 0 rings (SSSR count). The number of carbonyl (C=O) groups excluding carboxylic acids is 1. The third-order valence-electron chi connectivity index (χ3n) is 5.00. The molecule has 0 saturated carbocycles. The van der Waals surface area contributed by atoms with Crippen LogP contribution < -0.4 is 5.73 Å². The Morgan fingerprint density at radius 3 is 1.89 bits per heavy atom. The molecule has 0 amide bonds. The molecule has 38 heavy (non-hydrogen) atoms. The van der Waals surface area contributed by atoms with E-state index in [1.807, 2.05) is 0 Å². The molecule has 8 nitrogen and oxygen atoms in total. The SMILES string of the molecule is CC/C=C\C/C=C\C/C=C\C/C=C\C/C=C\CCCCCCOCC(COP(=O)(O)OCCN)OC(C)=O. The Labute approximate surface area is 230 Å². The number of carbonyl (C=O) groups is 1. The van der Waals surface area contributed by atoms with Gasteiger partial charge >= 0.3 is 13.8 Å². The molecule has 2 atom stereocenters. The van der Waals surface area contributed by atoms with Crippen LogP contribution in [0.2, 0.25) is 0 Å². The van der Waals surface area contributed by atoms with Crippen LogP contribution in [0.5, 0.6) is 0 Å². The maximum atomic E-state index is 11.7. The molecule has 0 fully saturated rings. The van der Waals surface area contributed by atoms with E-state index in [1.165, 1.54) is 6.92 Å². The Morgan fingerprint density at radius 1 is 0.789 bits per heavy atom. The van der Waals surface area contributed by atoms with Crippen molar-refractivity contribution in [3.63, 3.8) is 0 Å². The van der Waals surface area contributed by atoms with Crippen molar-refractivity contribution in [3.05, 3.63) is 60.8 Å². The Bertz CT molecular complexity index is 762. The predicted octanol–water partition coefficient (Wildman–Crippen LogP) is 6.73. The molecule has 0 aromatic rings. The van der Waals surface area contributed by atoms with E-state index >= 15 is 0 Å². The van der Waals surface area contributed by atoms with Gasteiger partial charge in [-0.15, -0.1) is 0 Å². The lowest BCUT2D eigenvalue weighted by molar-refractivity contribution is -0.151. The lowest BCUT2D eigenvalue weighted by Gasteiger charge is -2.19. The van der Waals surface area contributed by atoms with Crippen molar-refractivity contribution < 1.29 is 32.8 Å². The van der Waals surface area contributed by atoms with Gasteiger partial charge in [-0.25, -0.2) is 4.57 Å². The van der Waals surface area contributed by atoms with E-state index in [-0.39, 0.29) is 26.4 Å². The maximum Gasteiger partial charge on any atom is 0.472 e. The van der Waals surface area contributed by atoms with Gasteiger partial charge in [-0.05, 0) is 51.4 Å². The molecule has 0 aliphatic heterocycles. The quantitative estimate of drug-likeness (QED) is 0.0551. The zero-order chi connectivity index (χ0) is 28.2. The molecule has 0 aromatic heterocycles. The second kappa shape index (κ2) is 26.8. The summed E-state index contributed by atoms with van der Waals surface area (Å²) in [5.74, 6) is -0.520. The largest absolute Gasteiger partial charge is 0.472 e. The zero-order valence-electron chi connectivity index (χ0n) is 23.4. The molecule has 0 aliphatic rings. The van der Waals surface area contributed by atoms with Gasteiger partial charge in [0.2, 0.25) is 0 Å². The van der Waals surface area contributed by atoms with Gasteiger partial charge in [0.25, 0.3) is 0 Å². The van der Waals surface area contributed by atoms with Crippen LogP contribution >= 0.6 is 7.82 Å². The smallest absolute Gasteiger partial charge is 0.458 e. The number of unbranched alkanes of at least 4 members (excludes halogenated alkanes) is 4. The molecule has 0 spiro atoms. The average molecular weight is 556 g/mol. The highest BCUT2D eigenvalue weighted by Crippen LogP contribution is 2.43. The summed E-state index contributed by atoms with van der Waals surface area (Å²) in [6.45, 7) is 3.68. The van der Waals surface area contributed by atoms with Crippen molar-refractivity contribution in [3.8, 4) is 0 Å². The van der Waals surface area contributed by atoms with Gasteiger partial charge in [0.15, 0.2) is 0 Å². The summed E-state index contributed by atoms with van der Waals surface area (Å²) in [6.07, 6.45) is 31.5. The fourth-order valence-electron chi connectivity index (χ4n) is 3.14. The molecule has 2 unspecified atom stereocenters. The number of hydrogen-bond acceptors (Lipinski definition) is 7. The van der Waals surface area contributed by atoms with E-state index < -0.39 is 19.9 Å². The number of esters is 1. The molecule has 3 N–H and O–H groups in total. The number of ether oxygens (including phenoxy) is 2. The molecule has 0 bridgehead atoms. The van der Waals surface area contributed by atoms with Crippen molar-refractivity contribution >= 4 is 13.8 Å². The van der Waals surface area contributed by atoms with E-state index in [0.29, 0.717) is 6.61 Å². The summed E-state index contributed by atoms with van der Waals surface area (Å²) in [6, 6.07) is 0. The molecule has 0 saturated heterocycles. The molecule has 9 heteroatoms. The van der Waals surface area contributed by atoms with Crippen molar-refractivity contribution in [2.24, 2.45) is 5.73 Å². The predicted molar refractivity (Wildman–Crippen MR) is 155 cm³/mol. The molecule has 0 radical (unpaired) electrons. The minimum absolute atomic E-state index is 0.0799. The first-order chi connectivity index (χ1) is 18.4. The van der Waals surface area contributed by atoms with Gasteiger partial charge in [-0.3, -0.25) is 13.8 Å². The average Bonchev–Trinajstić information content (AvgIpc) is 2.88. The van der Waals surface area contributed by atoms with Crippen LogP contribution in [0, 0.1) is 0 Å². The molecule has 0 aromatic carbocycles. The Hall–Kier alpha value is -1.80. The topological polar surface area (TPSA) is 117 Å². The number of phosphoric ester groups is 1. The fourth-order valence-corrected chi connectivity index (χ4v) is 3.90. The highest BCUT2D eigenvalue weighted by molar-refractivity contribution is 7.47. The van der Waals surface area contributed by atoms with Crippen molar-refractivity contribution in [1.29, 1.82) is 0 Å². The van der Waals surface area contributed by atoms with Crippen LogP contribution in [-0.4, -0.2) is 49.9 Å². The summed E-state index contributed by atoms with van der Waals surface area (Å²) in [4.78, 5) is 20.8. The molecule has 0 aliphatic carbocycles. The van der Waals surface area contributed by atoms with Gasteiger partial charge in [-0.2, -0.15) is 0 Å². The standard InChI is InChI=1S/C29H50NO7P/c1-3-4-5-6-7-8-9-10-11-12-13-14-15-16-17-18-19-20-21-22-24-34-26-29(37-28(2)31)27-36-38(32,33)35-25-23-30/h4-5,7-8,10-11,13-14,16-17,29H,3,6,9,12,15,18-27,30H2,1-2H3,(H,32,33)/b5-4-,8-7-,11-10-,14-13-,17-16-. The minimum atomic E-state index is -4.23. The first kappa shape index (κ1) is 36.2. The van der Waals surface area contributed by atoms with Gasteiger partial charge in [0.1, 0.15) is 6.10 Å².